The number of nitrogens with zero attached hydrogens (tertiary/aromatic N) is 5. The Kier molecular flexibility index (Phi) is 6.33. The van der Waals surface area contributed by atoms with Crippen LogP contribution in [0.25, 0.3) is 61.1 Å². The van der Waals surface area contributed by atoms with Gasteiger partial charge in [-0.25, -0.2) is 15.0 Å². The van der Waals surface area contributed by atoms with E-state index in [9.17, 15) is 5.26 Å². The predicted octanol–water partition coefficient (Wildman–Crippen LogP) is 9.08. The fourth-order valence-corrected chi connectivity index (χ4v) is 5.85. The van der Waals surface area contributed by atoms with Crippen LogP contribution in [-0.4, -0.2) is 19.5 Å². The zero-order valence-corrected chi connectivity index (χ0v) is 24.6. The molecule has 7 rings (SSSR count). The quantitative estimate of drug-likeness (QED) is 0.217. The van der Waals surface area contributed by atoms with Gasteiger partial charge >= 0.3 is 0 Å². The summed E-state index contributed by atoms with van der Waals surface area (Å²) in [7, 11) is 0. The highest BCUT2D eigenvalue weighted by Crippen LogP contribution is 2.39. The molecular formula is C38H29N5. The third-order valence-electron chi connectivity index (χ3n) is 8.00. The van der Waals surface area contributed by atoms with Crippen molar-refractivity contribution in [2.75, 3.05) is 0 Å². The van der Waals surface area contributed by atoms with E-state index in [2.05, 4.69) is 114 Å². The summed E-state index contributed by atoms with van der Waals surface area (Å²) in [4.78, 5) is 13.8. The summed E-state index contributed by atoms with van der Waals surface area (Å²) in [5.41, 5.74) is 11.4. The van der Waals surface area contributed by atoms with Crippen LogP contribution in [0, 0.1) is 39.0 Å². The molecule has 0 unspecified atom stereocenters. The first-order valence-electron chi connectivity index (χ1n) is 14.3. The summed E-state index contributed by atoms with van der Waals surface area (Å²) >= 11 is 0. The summed E-state index contributed by atoms with van der Waals surface area (Å²) in [5, 5.41) is 12.1. The lowest BCUT2D eigenvalue weighted by Crippen LogP contribution is -2.03. The molecule has 0 aliphatic rings. The SMILES string of the molecule is Cc1ccc(-c2ccc3c4ccc(-c5ccc(C)cc5)cc4n(-c4ccc(C#N)cc4-c4nc(C)nc(C)n4)c3c2)cc1. The maximum Gasteiger partial charge on any atom is 0.165 e. The summed E-state index contributed by atoms with van der Waals surface area (Å²) in [6.07, 6.45) is 0. The molecule has 0 bridgehead atoms. The molecule has 0 saturated carbocycles. The first kappa shape index (κ1) is 26.3. The van der Waals surface area contributed by atoms with Gasteiger partial charge in [0.15, 0.2) is 5.82 Å². The molecule has 5 aromatic carbocycles. The maximum atomic E-state index is 9.84. The zero-order valence-electron chi connectivity index (χ0n) is 24.6. The lowest BCUT2D eigenvalue weighted by atomic mass is 10.0. The molecule has 5 nitrogen and oxygen atoms in total. The summed E-state index contributed by atoms with van der Waals surface area (Å²) in [5.74, 6) is 1.83. The van der Waals surface area contributed by atoms with E-state index in [-0.39, 0.29) is 0 Å². The Balaban J connectivity index is 1.57. The van der Waals surface area contributed by atoms with Crippen LogP contribution in [0.5, 0.6) is 0 Å². The van der Waals surface area contributed by atoms with Crippen LogP contribution in [0.2, 0.25) is 0 Å². The van der Waals surface area contributed by atoms with Crippen molar-refractivity contribution in [2.45, 2.75) is 27.7 Å². The molecule has 0 fully saturated rings. The van der Waals surface area contributed by atoms with Crippen LogP contribution in [0.1, 0.15) is 28.3 Å². The fourth-order valence-electron chi connectivity index (χ4n) is 5.85. The standard InChI is InChI=1S/C38H29N5/c1-23-5-10-28(11-6-23)30-14-16-32-33-17-15-31(29-12-7-24(2)8-13-29)21-37(33)43(36(32)20-30)35-18-9-27(22-39)19-34(35)38-41-25(3)40-26(4)42-38/h5-21H,1-4H3. The molecule has 0 spiro atoms. The van der Waals surface area contributed by atoms with E-state index < -0.39 is 0 Å². The number of benzene rings is 5. The van der Waals surface area contributed by atoms with Gasteiger partial charge in [0, 0.05) is 16.3 Å². The van der Waals surface area contributed by atoms with E-state index >= 15 is 0 Å². The number of hydrogen-bond acceptors (Lipinski definition) is 4. The van der Waals surface area contributed by atoms with Gasteiger partial charge in [-0.1, -0.05) is 83.9 Å². The first-order chi connectivity index (χ1) is 20.9. The van der Waals surface area contributed by atoms with Gasteiger partial charge < -0.3 is 4.57 Å². The van der Waals surface area contributed by atoms with Crippen molar-refractivity contribution < 1.29 is 0 Å². The third-order valence-corrected chi connectivity index (χ3v) is 8.00. The van der Waals surface area contributed by atoms with Gasteiger partial charge in [0.2, 0.25) is 0 Å². The van der Waals surface area contributed by atoms with E-state index in [4.69, 9.17) is 9.97 Å². The molecule has 0 aliphatic heterocycles. The van der Waals surface area contributed by atoms with Crippen LogP contribution < -0.4 is 0 Å². The monoisotopic (exact) mass is 555 g/mol. The molecule has 2 aromatic heterocycles. The van der Waals surface area contributed by atoms with Crippen molar-refractivity contribution in [2.24, 2.45) is 0 Å². The molecule has 0 N–H and O–H groups in total. The van der Waals surface area contributed by atoms with Gasteiger partial charge in [0.25, 0.3) is 0 Å². The van der Waals surface area contributed by atoms with Crippen molar-refractivity contribution in [3.63, 3.8) is 0 Å². The maximum absolute atomic E-state index is 9.84. The minimum atomic E-state index is 0.552. The molecule has 0 amide bonds. The molecule has 0 saturated heterocycles. The Bertz CT molecular complexity index is 2090. The van der Waals surface area contributed by atoms with Crippen molar-refractivity contribution in [3.8, 4) is 45.4 Å². The third kappa shape index (κ3) is 4.73. The largest absolute Gasteiger partial charge is 0.308 e. The van der Waals surface area contributed by atoms with Gasteiger partial charge in [-0.2, -0.15) is 5.26 Å². The second-order valence-electron chi connectivity index (χ2n) is 11.1. The summed E-state index contributed by atoms with van der Waals surface area (Å²) in [6.45, 7) is 7.95. The van der Waals surface area contributed by atoms with Crippen molar-refractivity contribution in [1.29, 1.82) is 5.26 Å². The number of aromatic nitrogens is 4. The normalized spacial score (nSPS) is 11.2. The van der Waals surface area contributed by atoms with Crippen molar-refractivity contribution in [3.05, 3.63) is 131 Å². The molecule has 0 aliphatic carbocycles. The molecule has 7 aromatic rings. The number of aryl methyl sites for hydroxylation is 4. The Hall–Kier alpha value is -5.60. The van der Waals surface area contributed by atoms with Gasteiger partial charge in [-0.15, -0.1) is 0 Å². The van der Waals surface area contributed by atoms with Gasteiger partial charge in [-0.05, 0) is 80.3 Å². The van der Waals surface area contributed by atoms with E-state index in [0.717, 1.165) is 55.3 Å². The molecule has 43 heavy (non-hydrogen) atoms. The van der Waals surface area contributed by atoms with Crippen LogP contribution in [0.3, 0.4) is 0 Å². The van der Waals surface area contributed by atoms with Gasteiger partial charge in [-0.3, -0.25) is 0 Å². The topological polar surface area (TPSA) is 67.4 Å². The Morgan fingerprint density at radius 2 is 1.02 bits per heavy atom. The lowest BCUT2D eigenvalue weighted by molar-refractivity contribution is 0.926. The second-order valence-corrected chi connectivity index (χ2v) is 11.1. The summed E-state index contributed by atoms with van der Waals surface area (Å²) < 4.78 is 2.30. The number of nitriles is 1. The highest BCUT2D eigenvalue weighted by molar-refractivity contribution is 6.11. The minimum Gasteiger partial charge on any atom is -0.308 e. The van der Waals surface area contributed by atoms with Crippen LogP contribution in [0.15, 0.2) is 103 Å². The highest BCUT2D eigenvalue weighted by atomic mass is 15.0. The van der Waals surface area contributed by atoms with E-state index in [1.54, 1.807) is 0 Å². The van der Waals surface area contributed by atoms with E-state index in [1.807, 2.05) is 32.0 Å². The molecule has 0 atom stereocenters. The molecule has 206 valence electrons. The van der Waals surface area contributed by atoms with Crippen LogP contribution in [-0.2, 0) is 0 Å². The average Bonchev–Trinajstić information content (AvgIpc) is 3.33. The molecule has 5 heteroatoms. The second kappa shape index (κ2) is 10.3. The van der Waals surface area contributed by atoms with Gasteiger partial charge in [0.1, 0.15) is 11.6 Å². The predicted molar refractivity (Wildman–Crippen MR) is 174 cm³/mol. The molecule has 0 radical (unpaired) electrons. The van der Waals surface area contributed by atoms with Crippen LogP contribution >= 0.6 is 0 Å². The smallest absolute Gasteiger partial charge is 0.165 e. The van der Waals surface area contributed by atoms with Crippen molar-refractivity contribution >= 4 is 21.8 Å². The Labute approximate surface area is 250 Å². The number of hydrogen-bond donors (Lipinski definition) is 0. The Morgan fingerprint density at radius 1 is 0.535 bits per heavy atom. The Morgan fingerprint density at radius 3 is 1.51 bits per heavy atom. The summed E-state index contributed by atoms with van der Waals surface area (Å²) in [6, 6.07) is 38.7. The van der Waals surface area contributed by atoms with Crippen LogP contribution in [0.4, 0.5) is 0 Å². The molecule has 2 heterocycles. The van der Waals surface area contributed by atoms with Crippen molar-refractivity contribution in [1.82, 2.24) is 19.5 Å². The minimum absolute atomic E-state index is 0.552. The lowest BCUT2D eigenvalue weighted by Gasteiger charge is -2.15. The van der Waals surface area contributed by atoms with E-state index in [1.165, 1.54) is 11.1 Å². The zero-order chi connectivity index (χ0) is 29.7. The highest BCUT2D eigenvalue weighted by Gasteiger charge is 2.19. The first-order valence-corrected chi connectivity index (χ1v) is 14.3. The number of fused-ring (bicyclic) bond motifs is 3. The van der Waals surface area contributed by atoms with E-state index in [0.29, 0.717) is 23.0 Å². The fraction of sp³-hybridized carbons (Fsp3) is 0.105. The number of rotatable bonds is 4. The molecular weight excluding hydrogens is 526 g/mol. The van der Waals surface area contributed by atoms with Gasteiger partial charge in [0.05, 0.1) is 28.4 Å². The average molecular weight is 556 g/mol.